The van der Waals surface area contributed by atoms with Crippen LogP contribution < -0.4 is 11.1 Å². The Bertz CT molecular complexity index is 988. The fourth-order valence-electron chi connectivity index (χ4n) is 2.25. The van der Waals surface area contributed by atoms with Crippen molar-refractivity contribution in [1.29, 1.82) is 0 Å². The number of allylic oxidation sites excluding steroid dienone is 1. The lowest BCUT2D eigenvalue weighted by Crippen LogP contribution is -2.18. The number of H-pyrrole nitrogens is 2. The van der Waals surface area contributed by atoms with E-state index in [2.05, 4.69) is 9.97 Å². The molecule has 3 heterocycles. The Morgan fingerprint density at radius 3 is 2.77 bits per heavy atom. The Kier molecular flexibility index (Phi) is 3.60. The van der Waals surface area contributed by atoms with Crippen molar-refractivity contribution >= 4 is 33.4 Å². The van der Waals surface area contributed by atoms with E-state index in [0.717, 1.165) is 10.2 Å². The number of hydrogen-bond acceptors (Lipinski definition) is 4. The van der Waals surface area contributed by atoms with Gasteiger partial charge < -0.3 is 9.97 Å². The van der Waals surface area contributed by atoms with Crippen LogP contribution in [0.3, 0.4) is 0 Å². The monoisotopic (exact) mass is 312 g/mol. The van der Waals surface area contributed by atoms with Crippen molar-refractivity contribution in [1.82, 2.24) is 9.97 Å². The molecule has 0 radical (unpaired) electrons. The third-order valence-corrected chi connectivity index (χ3v) is 4.21. The van der Waals surface area contributed by atoms with E-state index in [0.29, 0.717) is 11.1 Å². The quantitative estimate of drug-likeness (QED) is 0.576. The molecule has 0 amide bonds. The van der Waals surface area contributed by atoms with E-state index in [-0.39, 0.29) is 22.5 Å². The van der Waals surface area contributed by atoms with Crippen molar-refractivity contribution in [3.05, 3.63) is 73.2 Å². The molecule has 6 heteroatoms. The molecule has 3 aromatic rings. The van der Waals surface area contributed by atoms with E-state index in [1.165, 1.54) is 29.7 Å². The second-order valence-corrected chi connectivity index (χ2v) is 5.72. The highest BCUT2D eigenvalue weighted by Gasteiger charge is 2.14. The van der Waals surface area contributed by atoms with Crippen molar-refractivity contribution in [2.75, 3.05) is 0 Å². The summed E-state index contributed by atoms with van der Waals surface area (Å²) in [6, 6.07) is 4.86. The van der Waals surface area contributed by atoms with Crippen molar-refractivity contribution in [3.8, 4) is 0 Å². The number of ketones is 1. The average Bonchev–Trinajstić information content (AvgIpc) is 2.95. The van der Waals surface area contributed by atoms with E-state index in [9.17, 15) is 14.4 Å². The first-order valence-electron chi connectivity index (χ1n) is 6.57. The molecule has 2 N–H and O–H groups in total. The first kappa shape index (κ1) is 14.2. The highest BCUT2D eigenvalue weighted by Crippen LogP contribution is 2.22. The summed E-state index contributed by atoms with van der Waals surface area (Å²) in [5.41, 5.74) is 0.906. The minimum atomic E-state index is -0.386. The molecule has 110 valence electrons. The molecular weight excluding hydrogens is 300 g/mol. The van der Waals surface area contributed by atoms with Crippen LogP contribution in [0.5, 0.6) is 0 Å². The standard InChI is InChI=1S/C16H12N2O3S/c1-9-11-6-7-22-16(11)18-15(21)14(9)12(19)4-2-10-3-5-13(20)17-8-10/h2-8H,1H3,(H,17,20)(H,18,21). The van der Waals surface area contributed by atoms with Gasteiger partial charge in [-0.1, -0.05) is 0 Å². The van der Waals surface area contributed by atoms with Crippen LogP contribution in [0.2, 0.25) is 0 Å². The van der Waals surface area contributed by atoms with Crippen molar-refractivity contribution < 1.29 is 4.79 Å². The van der Waals surface area contributed by atoms with Gasteiger partial charge in [-0.2, -0.15) is 0 Å². The zero-order chi connectivity index (χ0) is 15.7. The summed E-state index contributed by atoms with van der Waals surface area (Å²) in [5, 5.41) is 2.75. The van der Waals surface area contributed by atoms with E-state index in [1.807, 2.05) is 11.4 Å². The molecule has 0 aliphatic carbocycles. The molecule has 22 heavy (non-hydrogen) atoms. The smallest absolute Gasteiger partial charge is 0.260 e. The maximum absolute atomic E-state index is 12.3. The third kappa shape index (κ3) is 2.56. The van der Waals surface area contributed by atoms with Gasteiger partial charge in [0, 0.05) is 17.6 Å². The number of fused-ring (bicyclic) bond motifs is 1. The molecule has 0 aliphatic heterocycles. The number of aryl methyl sites for hydroxylation is 1. The van der Waals surface area contributed by atoms with Crippen LogP contribution in [-0.2, 0) is 0 Å². The van der Waals surface area contributed by atoms with Gasteiger partial charge in [-0.3, -0.25) is 14.4 Å². The lowest BCUT2D eigenvalue weighted by Gasteiger charge is -2.02. The van der Waals surface area contributed by atoms with E-state index >= 15 is 0 Å². The summed E-state index contributed by atoms with van der Waals surface area (Å²) < 4.78 is 0. The lowest BCUT2D eigenvalue weighted by molar-refractivity contribution is 0.104. The molecule has 0 fully saturated rings. The normalized spacial score (nSPS) is 11.3. The molecule has 0 atom stereocenters. The second-order valence-electron chi connectivity index (χ2n) is 4.80. The predicted octanol–water partition coefficient (Wildman–Crippen LogP) is 2.48. The van der Waals surface area contributed by atoms with Crippen molar-refractivity contribution in [3.63, 3.8) is 0 Å². The molecular formula is C16H12N2O3S. The summed E-state index contributed by atoms with van der Waals surface area (Å²) >= 11 is 1.43. The number of nitrogens with one attached hydrogen (secondary N) is 2. The van der Waals surface area contributed by atoms with Crippen LogP contribution in [0.1, 0.15) is 21.5 Å². The van der Waals surface area contributed by atoms with Crippen LogP contribution in [0.4, 0.5) is 0 Å². The molecule has 0 spiro atoms. The summed E-state index contributed by atoms with van der Waals surface area (Å²) in [6.07, 6.45) is 4.41. The fourth-order valence-corrected chi connectivity index (χ4v) is 3.09. The van der Waals surface area contributed by atoms with Gasteiger partial charge >= 0.3 is 0 Å². The largest absolute Gasteiger partial charge is 0.329 e. The molecule has 0 unspecified atom stereocenters. The van der Waals surface area contributed by atoms with Crippen LogP contribution in [0.15, 0.2) is 45.4 Å². The SMILES string of the molecule is Cc1c(C(=O)C=Cc2ccc(=O)[nH]c2)c(=O)[nH]c2sccc12. The first-order chi connectivity index (χ1) is 10.6. The summed E-state index contributed by atoms with van der Waals surface area (Å²) in [5.74, 6) is -0.363. The number of aromatic nitrogens is 2. The molecule has 3 rings (SSSR count). The van der Waals surface area contributed by atoms with Gasteiger partial charge in [0.05, 0.1) is 5.56 Å². The first-order valence-corrected chi connectivity index (χ1v) is 7.45. The minimum absolute atomic E-state index is 0.145. The number of carbonyl (C=O) groups is 1. The molecule has 5 nitrogen and oxygen atoms in total. The number of hydrogen-bond donors (Lipinski definition) is 2. The highest BCUT2D eigenvalue weighted by atomic mass is 32.1. The maximum atomic E-state index is 12.3. The maximum Gasteiger partial charge on any atom is 0.260 e. The Hall–Kier alpha value is -2.73. The molecule has 0 aromatic carbocycles. The second kappa shape index (κ2) is 5.57. The van der Waals surface area contributed by atoms with Gasteiger partial charge in [0.1, 0.15) is 4.83 Å². The van der Waals surface area contributed by atoms with Gasteiger partial charge in [0.15, 0.2) is 5.78 Å². The Balaban J connectivity index is 2.00. The Morgan fingerprint density at radius 1 is 1.23 bits per heavy atom. The third-order valence-electron chi connectivity index (χ3n) is 3.38. The topological polar surface area (TPSA) is 82.8 Å². The molecule has 3 aromatic heterocycles. The van der Waals surface area contributed by atoms with E-state index < -0.39 is 0 Å². The lowest BCUT2D eigenvalue weighted by atomic mass is 10.0. The van der Waals surface area contributed by atoms with Gasteiger partial charge in [-0.25, -0.2) is 0 Å². The molecule has 0 bridgehead atoms. The van der Waals surface area contributed by atoms with E-state index in [1.54, 1.807) is 19.1 Å². The van der Waals surface area contributed by atoms with Gasteiger partial charge in [-0.15, -0.1) is 11.3 Å². The van der Waals surface area contributed by atoms with Gasteiger partial charge in [0.2, 0.25) is 5.56 Å². The predicted molar refractivity (Wildman–Crippen MR) is 87.6 cm³/mol. The summed E-state index contributed by atoms with van der Waals surface area (Å²) in [7, 11) is 0. The number of pyridine rings is 2. The molecule has 0 saturated heterocycles. The minimum Gasteiger partial charge on any atom is -0.329 e. The Labute approximate surface area is 129 Å². The zero-order valence-electron chi connectivity index (χ0n) is 11.7. The van der Waals surface area contributed by atoms with Gasteiger partial charge in [0.25, 0.3) is 5.56 Å². The average molecular weight is 312 g/mol. The van der Waals surface area contributed by atoms with Crippen molar-refractivity contribution in [2.24, 2.45) is 0 Å². The Morgan fingerprint density at radius 2 is 2.05 bits per heavy atom. The van der Waals surface area contributed by atoms with Crippen LogP contribution in [-0.4, -0.2) is 15.8 Å². The van der Waals surface area contributed by atoms with Crippen LogP contribution in [0, 0.1) is 6.92 Å². The number of thiophene rings is 1. The van der Waals surface area contributed by atoms with Crippen LogP contribution >= 0.6 is 11.3 Å². The number of aromatic amines is 2. The highest BCUT2D eigenvalue weighted by molar-refractivity contribution is 7.16. The summed E-state index contributed by atoms with van der Waals surface area (Å²) in [4.78, 5) is 41.4. The van der Waals surface area contributed by atoms with E-state index in [4.69, 9.17) is 0 Å². The zero-order valence-corrected chi connectivity index (χ0v) is 12.5. The molecule has 0 saturated carbocycles. The van der Waals surface area contributed by atoms with Crippen molar-refractivity contribution in [2.45, 2.75) is 6.92 Å². The summed E-state index contributed by atoms with van der Waals surface area (Å²) in [6.45, 7) is 1.77. The molecule has 0 aliphatic rings. The fraction of sp³-hybridized carbons (Fsp3) is 0.0625. The van der Waals surface area contributed by atoms with Gasteiger partial charge in [-0.05, 0) is 47.7 Å². The number of rotatable bonds is 3. The van der Waals surface area contributed by atoms with Crippen LogP contribution in [0.25, 0.3) is 16.3 Å². The number of carbonyl (C=O) groups excluding carboxylic acids is 1.